The molecule has 1 aliphatic heterocycles. The number of hydrogen-bond acceptors (Lipinski definition) is 3. The molecule has 0 spiro atoms. The molecule has 1 aromatic carbocycles. The summed E-state index contributed by atoms with van der Waals surface area (Å²) in [6.45, 7) is 13.0. The first kappa shape index (κ1) is 25.0. The van der Waals surface area contributed by atoms with Crippen LogP contribution in [0, 0.1) is 5.92 Å². The standard InChI is InChI=1S/C22H38N4O.HI/c1-4-23-22(24-14-6-7-17-27-5-2)25-18-20-8-10-21(11-9-20)26-15-12-19(3)13-16-26;/h8-11,19H,4-7,12-18H2,1-3H3,(H2,23,24,25);1H. The summed E-state index contributed by atoms with van der Waals surface area (Å²) < 4.78 is 5.37. The van der Waals surface area contributed by atoms with Crippen LogP contribution in [0.3, 0.4) is 0 Å². The molecule has 160 valence electrons. The van der Waals surface area contributed by atoms with Crippen LogP contribution in [0.5, 0.6) is 0 Å². The molecule has 0 atom stereocenters. The Morgan fingerprint density at radius 2 is 1.82 bits per heavy atom. The maximum Gasteiger partial charge on any atom is 0.191 e. The largest absolute Gasteiger partial charge is 0.382 e. The van der Waals surface area contributed by atoms with E-state index >= 15 is 0 Å². The molecule has 1 heterocycles. The molecule has 0 aliphatic carbocycles. The van der Waals surface area contributed by atoms with Crippen LogP contribution in [-0.2, 0) is 11.3 Å². The summed E-state index contributed by atoms with van der Waals surface area (Å²) >= 11 is 0. The third-order valence-electron chi connectivity index (χ3n) is 5.06. The zero-order valence-electron chi connectivity index (χ0n) is 17.9. The number of nitrogens with zero attached hydrogens (tertiary/aromatic N) is 2. The Bertz CT molecular complexity index is 542. The Balaban J connectivity index is 0.00000392. The topological polar surface area (TPSA) is 48.9 Å². The van der Waals surface area contributed by atoms with Crippen LogP contribution in [0.25, 0.3) is 0 Å². The van der Waals surface area contributed by atoms with Crippen molar-refractivity contribution in [3.05, 3.63) is 29.8 Å². The van der Waals surface area contributed by atoms with E-state index in [2.05, 4.69) is 53.6 Å². The summed E-state index contributed by atoms with van der Waals surface area (Å²) in [6, 6.07) is 8.91. The summed E-state index contributed by atoms with van der Waals surface area (Å²) in [5.74, 6) is 1.76. The highest BCUT2D eigenvalue weighted by Gasteiger charge is 2.15. The van der Waals surface area contributed by atoms with E-state index in [1.54, 1.807) is 0 Å². The van der Waals surface area contributed by atoms with Gasteiger partial charge in [0, 0.05) is 45.1 Å². The molecule has 0 saturated carbocycles. The van der Waals surface area contributed by atoms with Crippen LogP contribution in [0.4, 0.5) is 5.69 Å². The number of unbranched alkanes of at least 4 members (excludes halogenated alkanes) is 1. The Labute approximate surface area is 188 Å². The van der Waals surface area contributed by atoms with Crippen LogP contribution in [0.1, 0.15) is 52.0 Å². The van der Waals surface area contributed by atoms with Gasteiger partial charge < -0.3 is 20.3 Å². The van der Waals surface area contributed by atoms with Crippen LogP contribution < -0.4 is 15.5 Å². The number of anilines is 1. The van der Waals surface area contributed by atoms with Gasteiger partial charge in [0.25, 0.3) is 0 Å². The van der Waals surface area contributed by atoms with Crippen LogP contribution >= 0.6 is 24.0 Å². The van der Waals surface area contributed by atoms with Crippen molar-refractivity contribution in [3.8, 4) is 0 Å². The number of rotatable bonds is 10. The van der Waals surface area contributed by atoms with Gasteiger partial charge >= 0.3 is 0 Å². The molecule has 1 fully saturated rings. The number of hydrogen-bond donors (Lipinski definition) is 2. The molecule has 1 aromatic rings. The average molecular weight is 502 g/mol. The van der Waals surface area contributed by atoms with E-state index < -0.39 is 0 Å². The van der Waals surface area contributed by atoms with Crippen molar-refractivity contribution in [1.82, 2.24) is 10.6 Å². The Morgan fingerprint density at radius 1 is 1.11 bits per heavy atom. The van der Waals surface area contributed by atoms with Gasteiger partial charge in [-0.25, -0.2) is 4.99 Å². The smallest absolute Gasteiger partial charge is 0.191 e. The molecule has 0 amide bonds. The third-order valence-corrected chi connectivity index (χ3v) is 5.06. The van der Waals surface area contributed by atoms with E-state index in [0.29, 0.717) is 6.54 Å². The molecule has 1 saturated heterocycles. The minimum atomic E-state index is 0. The number of nitrogens with one attached hydrogen (secondary N) is 2. The second-order valence-corrected chi connectivity index (χ2v) is 7.36. The first-order valence-corrected chi connectivity index (χ1v) is 10.7. The first-order chi connectivity index (χ1) is 13.2. The number of aliphatic imine (C=N–C) groups is 1. The van der Waals surface area contributed by atoms with Crippen molar-refractivity contribution < 1.29 is 4.74 Å². The highest BCUT2D eigenvalue weighted by atomic mass is 127. The highest BCUT2D eigenvalue weighted by molar-refractivity contribution is 14.0. The SMILES string of the molecule is CCNC(=NCc1ccc(N2CCC(C)CC2)cc1)NCCCCOCC.I. The first-order valence-electron chi connectivity index (χ1n) is 10.7. The summed E-state index contributed by atoms with van der Waals surface area (Å²) in [6.07, 6.45) is 4.77. The van der Waals surface area contributed by atoms with E-state index in [1.807, 2.05) is 6.92 Å². The normalized spacial score (nSPS) is 15.2. The van der Waals surface area contributed by atoms with Crippen molar-refractivity contribution >= 4 is 35.6 Å². The zero-order chi connectivity index (χ0) is 19.3. The molecule has 2 N–H and O–H groups in total. The summed E-state index contributed by atoms with van der Waals surface area (Å²) in [5, 5.41) is 6.73. The van der Waals surface area contributed by atoms with Gasteiger partial charge in [0.05, 0.1) is 6.54 Å². The molecule has 1 aliphatic rings. The quantitative estimate of drug-likeness (QED) is 0.215. The predicted molar refractivity (Wildman–Crippen MR) is 131 cm³/mol. The molecular weight excluding hydrogens is 463 g/mol. The van der Waals surface area contributed by atoms with E-state index in [0.717, 1.165) is 51.0 Å². The second-order valence-electron chi connectivity index (χ2n) is 7.36. The van der Waals surface area contributed by atoms with E-state index in [1.165, 1.54) is 37.2 Å². The minimum Gasteiger partial charge on any atom is -0.382 e. The molecule has 0 aromatic heterocycles. The molecule has 0 bridgehead atoms. The summed E-state index contributed by atoms with van der Waals surface area (Å²) in [7, 11) is 0. The minimum absolute atomic E-state index is 0. The van der Waals surface area contributed by atoms with Gasteiger partial charge in [-0.1, -0.05) is 19.1 Å². The fourth-order valence-corrected chi connectivity index (χ4v) is 3.27. The molecule has 5 nitrogen and oxygen atoms in total. The predicted octanol–water partition coefficient (Wildman–Crippen LogP) is 4.41. The maximum atomic E-state index is 5.37. The number of benzene rings is 1. The van der Waals surface area contributed by atoms with Crippen molar-refractivity contribution in [2.24, 2.45) is 10.9 Å². The lowest BCUT2D eigenvalue weighted by Gasteiger charge is -2.32. The van der Waals surface area contributed by atoms with Gasteiger partial charge in [0.2, 0.25) is 0 Å². The van der Waals surface area contributed by atoms with Crippen molar-refractivity contribution in [3.63, 3.8) is 0 Å². The van der Waals surface area contributed by atoms with E-state index in [4.69, 9.17) is 9.73 Å². The van der Waals surface area contributed by atoms with Gasteiger partial charge in [-0.05, 0) is 63.1 Å². The van der Waals surface area contributed by atoms with E-state index in [9.17, 15) is 0 Å². The molecule has 6 heteroatoms. The molecule has 2 rings (SSSR count). The van der Waals surface area contributed by atoms with Crippen LogP contribution in [-0.4, -0.2) is 45.4 Å². The van der Waals surface area contributed by atoms with Crippen molar-refractivity contribution in [2.45, 2.75) is 53.0 Å². The molecule has 28 heavy (non-hydrogen) atoms. The third kappa shape index (κ3) is 9.45. The van der Waals surface area contributed by atoms with Gasteiger partial charge in [-0.2, -0.15) is 0 Å². The lowest BCUT2D eigenvalue weighted by Crippen LogP contribution is -2.37. The van der Waals surface area contributed by atoms with Crippen LogP contribution in [0.15, 0.2) is 29.3 Å². The lowest BCUT2D eigenvalue weighted by atomic mass is 9.99. The Kier molecular flexibility index (Phi) is 13.3. The van der Waals surface area contributed by atoms with Crippen LogP contribution in [0.2, 0.25) is 0 Å². The molecule has 0 unspecified atom stereocenters. The fraction of sp³-hybridized carbons (Fsp3) is 0.682. The van der Waals surface area contributed by atoms with Gasteiger partial charge in [-0.15, -0.1) is 24.0 Å². The Morgan fingerprint density at radius 3 is 2.46 bits per heavy atom. The molecular formula is C22H39IN4O. The van der Waals surface area contributed by atoms with Gasteiger partial charge in [0.15, 0.2) is 5.96 Å². The summed E-state index contributed by atoms with van der Waals surface area (Å²) in [5.41, 5.74) is 2.59. The number of guanidine groups is 1. The lowest BCUT2D eigenvalue weighted by molar-refractivity contribution is 0.143. The number of ether oxygens (including phenoxy) is 1. The van der Waals surface area contributed by atoms with Crippen molar-refractivity contribution in [1.29, 1.82) is 0 Å². The van der Waals surface area contributed by atoms with Gasteiger partial charge in [0.1, 0.15) is 0 Å². The maximum absolute atomic E-state index is 5.37. The fourth-order valence-electron chi connectivity index (χ4n) is 3.27. The van der Waals surface area contributed by atoms with Crippen molar-refractivity contribution in [2.75, 3.05) is 44.3 Å². The highest BCUT2D eigenvalue weighted by Crippen LogP contribution is 2.23. The summed E-state index contributed by atoms with van der Waals surface area (Å²) in [4.78, 5) is 7.22. The average Bonchev–Trinajstić information content (AvgIpc) is 2.70. The second kappa shape index (κ2) is 14.9. The monoisotopic (exact) mass is 502 g/mol. The molecule has 0 radical (unpaired) electrons. The number of piperidine rings is 1. The van der Waals surface area contributed by atoms with Gasteiger partial charge in [-0.3, -0.25) is 0 Å². The van der Waals surface area contributed by atoms with E-state index in [-0.39, 0.29) is 24.0 Å². The Hall–Kier alpha value is -1.02. The zero-order valence-corrected chi connectivity index (χ0v) is 20.2. The number of halogens is 1.